The summed E-state index contributed by atoms with van der Waals surface area (Å²) in [4.78, 5) is 0. The van der Waals surface area contributed by atoms with Gasteiger partial charge in [0.1, 0.15) is 0 Å². The molecule has 1 fully saturated rings. The molecule has 0 heterocycles. The standard InChI is InChI=1S/C12H20O2/c1-3-8-12(9-4-2)10(13)6-5-7-11(12)14/h1,10-11,13-14H,4-9H2,2H3/t10-,11+,12?. The van der Waals surface area contributed by atoms with E-state index in [4.69, 9.17) is 6.42 Å². The maximum Gasteiger partial charge on any atom is 0.0630 e. The molecule has 1 unspecified atom stereocenters. The second kappa shape index (κ2) is 4.82. The molecular weight excluding hydrogens is 176 g/mol. The molecule has 0 spiro atoms. The van der Waals surface area contributed by atoms with Crippen LogP contribution in [0.1, 0.15) is 45.4 Å². The van der Waals surface area contributed by atoms with Crippen LogP contribution in [0.5, 0.6) is 0 Å². The van der Waals surface area contributed by atoms with Gasteiger partial charge in [0, 0.05) is 11.8 Å². The van der Waals surface area contributed by atoms with Crippen LogP contribution in [-0.2, 0) is 0 Å². The van der Waals surface area contributed by atoms with E-state index in [1.54, 1.807) is 0 Å². The molecule has 0 bridgehead atoms. The van der Waals surface area contributed by atoms with E-state index in [9.17, 15) is 10.2 Å². The number of rotatable bonds is 3. The Balaban J connectivity index is 2.84. The smallest absolute Gasteiger partial charge is 0.0630 e. The van der Waals surface area contributed by atoms with Gasteiger partial charge in [0.05, 0.1) is 12.2 Å². The van der Waals surface area contributed by atoms with Gasteiger partial charge in [0.2, 0.25) is 0 Å². The number of hydrogen-bond acceptors (Lipinski definition) is 2. The number of aliphatic hydroxyl groups is 2. The van der Waals surface area contributed by atoms with Crippen molar-refractivity contribution in [1.82, 2.24) is 0 Å². The van der Waals surface area contributed by atoms with Crippen molar-refractivity contribution >= 4 is 0 Å². The first-order chi connectivity index (χ1) is 6.67. The molecule has 2 nitrogen and oxygen atoms in total. The molecule has 0 aromatic carbocycles. The summed E-state index contributed by atoms with van der Waals surface area (Å²) in [5.74, 6) is 2.60. The first-order valence-corrected chi connectivity index (χ1v) is 5.47. The van der Waals surface area contributed by atoms with Crippen molar-refractivity contribution in [2.75, 3.05) is 0 Å². The average molecular weight is 196 g/mol. The zero-order chi connectivity index (χ0) is 10.6. The highest BCUT2D eigenvalue weighted by atomic mass is 16.3. The van der Waals surface area contributed by atoms with Gasteiger partial charge in [-0.15, -0.1) is 12.3 Å². The second-order valence-corrected chi connectivity index (χ2v) is 4.33. The Kier molecular flexibility index (Phi) is 3.97. The molecule has 3 atom stereocenters. The van der Waals surface area contributed by atoms with Crippen LogP contribution >= 0.6 is 0 Å². The van der Waals surface area contributed by atoms with Gasteiger partial charge in [-0.2, -0.15) is 0 Å². The first-order valence-electron chi connectivity index (χ1n) is 5.47. The number of hydrogen-bond donors (Lipinski definition) is 2. The van der Waals surface area contributed by atoms with Gasteiger partial charge >= 0.3 is 0 Å². The maximum absolute atomic E-state index is 10.00. The average Bonchev–Trinajstić information content (AvgIpc) is 2.15. The summed E-state index contributed by atoms with van der Waals surface area (Å²) in [6.07, 6.45) is 9.19. The van der Waals surface area contributed by atoms with E-state index in [0.717, 1.165) is 32.1 Å². The van der Waals surface area contributed by atoms with Crippen molar-refractivity contribution in [3.05, 3.63) is 0 Å². The molecule has 2 N–H and O–H groups in total. The SMILES string of the molecule is C#CCC1(CCC)[C@H](O)CCC[C@@H]1O. The highest BCUT2D eigenvalue weighted by Crippen LogP contribution is 2.43. The molecule has 2 heteroatoms. The van der Waals surface area contributed by atoms with Crippen LogP contribution in [0.25, 0.3) is 0 Å². The van der Waals surface area contributed by atoms with E-state index >= 15 is 0 Å². The van der Waals surface area contributed by atoms with Crippen molar-refractivity contribution in [1.29, 1.82) is 0 Å². The Morgan fingerprint density at radius 2 is 1.93 bits per heavy atom. The molecule has 0 saturated heterocycles. The lowest BCUT2D eigenvalue weighted by atomic mass is 9.65. The summed E-state index contributed by atoms with van der Waals surface area (Å²) in [6, 6.07) is 0. The summed E-state index contributed by atoms with van der Waals surface area (Å²) < 4.78 is 0. The van der Waals surface area contributed by atoms with Crippen molar-refractivity contribution in [3.63, 3.8) is 0 Å². The minimum atomic E-state index is -0.429. The van der Waals surface area contributed by atoms with Gasteiger partial charge in [0.15, 0.2) is 0 Å². The molecule has 80 valence electrons. The van der Waals surface area contributed by atoms with Crippen LogP contribution in [0.4, 0.5) is 0 Å². The third kappa shape index (κ3) is 1.94. The normalized spacial score (nSPS) is 37.9. The monoisotopic (exact) mass is 196 g/mol. The van der Waals surface area contributed by atoms with Crippen LogP contribution in [0.3, 0.4) is 0 Å². The lowest BCUT2D eigenvalue weighted by Crippen LogP contribution is -2.48. The molecule has 0 radical (unpaired) electrons. The van der Waals surface area contributed by atoms with E-state index < -0.39 is 17.6 Å². The first kappa shape index (κ1) is 11.6. The third-order valence-electron chi connectivity index (χ3n) is 3.43. The predicted octanol–water partition coefficient (Wildman–Crippen LogP) is 1.70. The fraction of sp³-hybridized carbons (Fsp3) is 0.833. The van der Waals surface area contributed by atoms with E-state index in [-0.39, 0.29) is 0 Å². The summed E-state index contributed by atoms with van der Waals surface area (Å²) in [5, 5.41) is 20.0. The molecule has 1 saturated carbocycles. The fourth-order valence-electron chi connectivity index (χ4n) is 2.61. The zero-order valence-electron chi connectivity index (χ0n) is 8.87. The fourth-order valence-corrected chi connectivity index (χ4v) is 2.61. The van der Waals surface area contributed by atoms with Gasteiger partial charge in [-0.05, 0) is 25.7 Å². The Labute approximate surface area is 86.3 Å². The van der Waals surface area contributed by atoms with Crippen LogP contribution in [0.2, 0.25) is 0 Å². The van der Waals surface area contributed by atoms with Crippen LogP contribution in [-0.4, -0.2) is 22.4 Å². The van der Waals surface area contributed by atoms with Crippen molar-refractivity contribution in [2.24, 2.45) is 5.41 Å². The zero-order valence-corrected chi connectivity index (χ0v) is 8.87. The van der Waals surface area contributed by atoms with E-state index in [2.05, 4.69) is 12.8 Å². The van der Waals surface area contributed by atoms with Crippen LogP contribution < -0.4 is 0 Å². The van der Waals surface area contributed by atoms with E-state index in [1.165, 1.54) is 0 Å². The van der Waals surface area contributed by atoms with Crippen molar-refractivity contribution in [3.8, 4) is 12.3 Å². The van der Waals surface area contributed by atoms with Crippen LogP contribution in [0.15, 0.2) is 0 Å². The Morgan fingerprint density at radius 3 is 2.36 bits per heavy atom. The van der Waals surface area contributed by atoms with E-state index in [0.29, 0.717) is 6.42 Å². The predicted molar refractivity (Wildman–Crippen MR) is 56.7 cm³/mol. The van der Waals surface area contributed by atoms with Crippen molar-refractivity contribution in [2.45, 2.75) is 57.7 Å². The molecule has 0 aromatic rings. The summed E-state index contributed by atoms with van der Waals surface area (Å²) in [6.45, 7) is 2.06. The Bertz CT molecular complexity index is 207. The molecule has 1 aliphatic rings. The Hall–Kier alpha value is -0.520. The molecule has 0 aromatic heterocycles. The van der Waals surface area contributed by atoms with Gasteiger partial charge in [0.25, 0.3) is 0 Å². The van der Waals surface area contributed by atoms with Gasteiger partial charge in [-0.1, -0.05) is 13.3 Å². The highest BCUT2D eigenvalue weighted by Gasteiger charge is 2.45. The molecule has 1 aliphatic carbocycles. The minimum absolute atomic E-state index is 0.428. The second-order valence-electron chi connectivity index (χ2n) is 4.33. The number of aliphatic hydroxyl groups excluding tert-OH is 2. The summed E-state index contributed by atoms with van der Waals surface area (Å²) >= 11 is 0. The summed E-state index contributed by atoms with van der Waals surface area (Å²) in [5.41, 5.74) is -0.429. The van der Waals surface area contributed by atoms with Gasteiger partial charge < -0.3 is 10.2 Å². The highest BCUT2D eigenvalue weighted by molar-refractivity contribution is 5.03. The summed E-state index contributed by atoms with van der Waals surface area (Å²) in [7, 11) is 0. The van der Waals surface area contributed by atoms with Crippen molar-refractivity contribution < 1.29 is 10.2 Å². The minimum Gasteiger partial charge on any atom is -0.392 e. The quantitative estimate of drug-likeness (QED) is 0.674. The Morgan fingerprint density at radius 1 is 1.36 bits per heavy atom. The molecule has 0 aliphatic heterocycles. The van der Waals surface area contributed by atoms with E-state index in [1.807, 2.05) is 0 Å². The topological polar surface area (TPSA) is 40.5 Å². The maximum atomic E-state index is 10.00. The molecule has 14 heavy (non-hydrogen) atoms. The molecule has 1 rings (SSSR count). The largest absolute Gasteiger partial charge is 0.392 e. The third-order valence-corrected chi connectivity index (χ3v) is 3.43. The lowest BCUT2D eigenvalue weighted by molar-refractivity contribution is -0.103. The van der Waals surface area contributed by atoms with Gasteiger partial charge in [-0.25, -0.2) is 0 Å². The van der Waals surface area contributed by atoms with Gasteiger partial charge in [-0.3, -0.25) is 0 Å². The molecule has 0 amide bonds. The number of terminal acetylenes is 1. The van der Waals surface area contributed by atoms with Crippen LogP contribution in [0, 0.1) is 17.8 Å². The lowest BCUT2D eigenvalue weighted by Gasteiger charge is -2.44. The molecular formula is C12H20O2.